The fourth-order valence-electron chi connectivity index (χ4n) is 2.58. The Balaban J connectivity index is 1.88. The highest BCUT2D eigenvalue weighted by molar-refractivity contribution is 5.48. The third-order valence-electron chi connectivity index (χ3n) is 3.83. The first-order chi connectivity index (χ1) is 11.1. The highest BCUT2D eigenvalue weighted by Crippen LogP contribution is 2.21. The third kappa shape index (κ3) is 3.19. The van der Waals surface area contributed by atoms with Gasteiger partial charge in [-0.15, -0.1) is 0 Å². The standard InChI is InChI=1S/C16H17F2N3O2/c17-15-12(19)1-2-13(16(15)18)21-8-5-11(9-14(21)22)23-10-3-6-20-7-4-10/h1-2,5,8-10,20H,3-4,6-7,19H2. The number of nitrogen functional groups attached to an aromatic ring is 1. The molecule has 1 aromatic carbocycles. The molecule has 0 amide bonds. The number of pyridine rings is 1. The van der Waals surface area contributed by atoms with Gasteiger partial charge in [0.15, 0.2) is 11.6 Å². The maximum Gasteiger partial charge on any atom is 0.258 e. The second-order valence-corrected chi connectivity index (χ2v) is 5.44. The number of nitrogens with zero attached hydrogens (tertiary/aromatic N) is 1. The SMILES string of the molecule is Nc1ccc(-n2ccc(OC3CCNCC3)cc2=O)c(F)c1F. The van der Waals surface area contributed by atoms with Gasteiger partial charge in [-0.1, -0.05) is 0 Å². The molecule has 0 unspecified atom stereocenters. The van der Waals surface area contributed by atoms with Crippen LogP contribution >= 0.6 is 0 Å². The Bertz CT molecular complexity index is 770. The number of rotatable bonds is 3. The second kappa shape index (κ2) is 6.37. The zero-order valence-electron chi connectivity index (χ0n) is 12.4. The molecule has 2 heterocycles. The summed E-state index contributed by atoms with van der Waals surface area (Å²) in [4.78, 5) is 12.2. The normalized spacial score (nSPS) is 15.6. The monoisotopic (exact) mass is 321 g/mol. The zero-order chi connectivity index (χ0) is 16.4. The molecule has 0 spiro atoms. The van der Waals surface area contributed by atoms with Gasteiger partial charge >= 0.3 is 0 Å². The van der Waals surface area contributed by atoms with E-state index >= 15 is 0 Å². The quantitative estimate of drug-likeness (QED) is 0.846. The van der Waals surface area contributed by atoms with E-state index < -0.39 is 17.2 Å². The number of halogens is 2. The fraction of sp³-hybridized carbons (Fsp3) is 0.312. The molecule has 0 aliphatic carbocycles. The largest absolute Gasteiger partial charge is 0.490 e. The predicted molar refractivity (Wildman–Crippen MR) is 82.9 cm³/mol. The number of piperidine rings is 1. The molecule has 0 bridgehead atoms. The third-order valence-corrected chi connectivity index (χ3v) is 3.83. The van der Waals surface area contributed by atoms with Crippen molar-refractivity contribution in [2.24, 2.45) is 0 Å². The van der Waals surface area contributed by atoms with Crippen molar-refractivity contribution in [3.63, 3.8) is 0 Å². The average molecular weight is 321 g/mol. The molecule has 1 saturated heterocycles. The van der Waals surface area contributed by atoms with Crippen molar-refractivity contribution >= 4 is 5.69 Å². The van der Waals surface area contributed by atoms with Crippen molar-refractivity contribution in [3.05, 3.63) is 52.5 Å². The van der Waals surface area contributed by atoms with Crippen LogP contribution in [-0.2, 0) is 0 Å². The van der Waals surface area contributed by atoms with Crippen molar-refractivity contribution in [3.8, 4) is 11.4 Å². The molecular weight excluding hydrogens is 304 g/mol. The van der Waals surface area contributed by atoms with Crippen LogP contribution < -0.4 is 21.3 Å². The maximum atomic E-state index is 13.9. The molecule has 1 aliphatic heterocycles. The molecule has 2 aromatic rings. The Hall–Kier alpha value is -2.41. The minimum atomic E-state index is -1.16. The summed E-state index contributed by atoms with van der Waals surface area (Å²) in [6, 6.07) is 5.33. The van der Waals surface area contributed by atoms with Crippen LogP contribution in [0, 0.1) is 11.6 Å². The number of anilines is 1. The number of hydrogen-bond acceptors (Lipinski definition) is 4. The molecule has 0 atom stereocenters. The van der Waals surface area contributed by atoms with Gasteiger partial charge in [0.1, 0.15) is 11.9 Å². The zero-order valence-corrected chi connectivity index (χ0v) is 12.4. The van der Waals surface area contributed by atoms with Crippen LogP contribution in [0.4, 0.5) is 14.5 Å². The highest BCUT2D eigenvalue weighted by atomic mass is 19.2. The van der Waals surface area contributed by atoms with Crippen LogP contribution in [-0.4, -0.2) is 23.8 Å². The van der Waals surface area contributed by atoms with E-state index in [0.717, 1.165) is 30.5 Å². The molecule has 3 rings (SSSR count). The average Bonchev–Trinajstić information content (AvgIpc) is 2.55. The molecule has 5 nitrogen and oxygen atoms in total. The van der Waals surface area contributed by atoms with Gasteiger partial charge in [-0.05, 0) is 44.1 Å². The Kier molecular flexibility index (Phi) is 4.29. The van der Waals surface area contributed by atoms with E-state index in [1.807, 2.05) is 0 Å². The van der Waals surface area contributed by atoms with Gasteiger partial charge in [0.2, 0.25) is 0 Å². The summed E-state index contributed by atoms with van der Waals surface area (Å²) >= 11 is 0. The Morgan fingerprint density at radius 2 is 1.91 bits per heavy atom. The van der Waals surface area contributed by atoms with E-state index in [0.29, 0.717) is 5.75 Å². The van der Waals surface area contributed by atoms with E-state index in [2.05, 4.69) is 5.32 Å². The lowest BCUT2D eigenvalue weighted by Gasteiger charge is -2.23. The van der Waals surface area contributed by atoms with Gasteiger partial charge in [0, 0.05) is 12.3 Å². The Labute approximate surface area is 131 Å². The molecule has 0 radical (unpaired) electrons. The number of ether oxygens (including phenoxy) is 1. The highest BCUT2D eigenvalue weighted by Gasteiger charge is 2.17. The van der Waals surface area contributed by atoms with Gasteiger partial charge < -0.3 is 15.8 Å². The van der Waals surface area contributed by atoms with Gasteiger partial charge in [-0.3, -0.25) is 9.36 Å². The number of nitrogens with one attached hydrogen (secondary N) is 1. The lowest BCUT2D eigenvalue weighted by molar-refractivity contribution is 0.162. The van der Waals surface area contributed by atoms with Crippen molar-refractivity contribution in [2.45, 2.75) is 18.9 Å². The number of hydrogen-bond donors (Lipinski definition) is 2. The molecule has 0 saturated carbocycles. The van der Waals surface area contributed by atoms with E-state index in [9.17, 15) is 13.6 Å². The van der Waals surface area contributed by atoms with E-state index in [1.54, 1.807) is 6.07 Å². The summed E-state index contributed by atoms with van der Waals surface area (Å²) in [6.07, 6.45) is 3.14. The molecule has 3 N–H and O–H groups in total. The first-order valence-electron chi connectivity index (χ1n) is 7.40. The summed E-state index contributed by atoms with van der Waals surface area (Å²) in [7, 11) is 0. The minimum absolute atomic E-state index is 0.0530. The summed E-state index contributed by atoms with van der Waals surface area (Å²) in [5, 5.41) is 3.23. The van der Waals surface area contributed by atoms with Crippen LogP contribution in [0.25, 0.3) is 5.69 Å². The van der Waals surface area contributed by atoms with Crippen LogP contribution in [0.5, 0.6) is 5.75 Å². The summed E-state index contributed by atoms with van der Waals surface area (Å²) in [6.45, 7) is 1.75. The van der Waals surface area contributed by atoms with Crippen molar-refractivity contribution in [1.82, 2.24) is 9.88 Å². The summed E-state index contributed by atoms with van der Waals surface area (Å²) in [5.41, 5.74) is 4.32. The van der Waals surface area contributed by atoms with Crippen LogP contribution in [0.3, 0.4) is 0 Å². The van der Waals surface area contributed by atoms with Crippen molar-refractivity contribution in [1.29, 1.82) is 0 Å². The lowest BCUT2D eigenvalue weighted by Crippen LogP contribution is -2.34. The summed E-state index contributed by atoms with van der Waals surface area (Å²) < 4.78 is 34.3. The molecule has 7 heteroatoms. The Morgan fingerprint density at radius 3 is 2.61 bits per heavy atom. The Morgan fingerprint density at radius 1 is 1.17 bits per heavy atom. The summed E-state index contributed by atoms with van der Waals surface area (Å²) in [5.74, 6) is -1.89. The first kappa shape index (κ1) is 15.5. The number of aromatic nitrogens is 1. The fourth-order valence-corrected chi connectivity index (χ4v) is 2.58. The molecule has 23 heavy (non-hydrogen) atoms. The first-order valence-corrected chi connectivity index (χ1v) is 7.40. The lowest BCUT2D eigenvalue weighted by atomic mass is 10.1. The van der Waals surface area contributed by atoms with Crippen molar-refractivity contribution in [2.75, 3.05) is 18.8 Å². The van der Waals surface area contributed by atoms with E-state index in [4.69, 9.17) is 10.5 Å². The van der Waals surface area contributed by atoms with Crippen LogP contribution in [0.1, 0.15) is 12.8 Å². The smallest absolute Gasteiger partial charge is 0.258 e. The molecule has 1 fully saturated rings. The topological polar surface area (TPSA) is 69.3 Å². The van der Waals surface area contributed by atoms with E-state index in [-0.39, 0.29) is 17.5 Å². The van der Waals surface area contributed by atoms with Gasteiger partial charge in [-0.25, -0.2) is 8.78 Å². The van der Waals surface area contributed by atoms with Crippen LogP contribution in [0.15, 0.2) is 35.3 Å². The number of nitrogens with two attached hydrogens (primary N) is 1. The molecule has 1 aliphatic rings. The van der Waals surface area contributed by atoms with Gasteiger partial charge in [-0.2, -0.15) is 0 Å². The molecule has 1 aromatic heterocycles. The van der Waals surface area contributed by atoms with Gasteiger partial charge in [0.25, 0.3) is 5.56 Å². The number of benzene rings is 1. The van der Waals surface area contributed by atoms with Crippen LogP contribution in [0.2, 0.25) is 0 Å². The predicted octanol–water partition coefficient (Wildman–Crippen LogP) is 1.83. The van der Waals surface area contributed by atoms with Crippen molar-refractivity contribution < 1.29 is 13.5 Å². The maximum absolute atomic E-state index is 13.9. The minimum Gasteiger partial charge on any atom is -0.490 e. The van der Waals surface area contributed by atoms with Gasteiger partial charge in [0.05, 0.1) is 11.4 Å². The molecule has 122 valence electrons. The van der Waals surface area contributed by atoms with E-state index in [1.165, 1.54) is 24.4 Å². The molecular formula is C16H17F2N3O2. The second-order valence-electron chi connectivity index (χ2n) is 5.44.